The van der Waals surface area contributed by atoms with E-state index in [9.17, 15) is 26.3 Å². The summed E-state index contributed by atoms with van der Waals surface area (Å²) in [6, 6.07) is 7.35. The summed E-state index contributed by atoms with van der Waals surface area (Å²) in [7, 11) is -4.41. The normalized spacial score (nSPS) is 12.9. The third kappa shape index (κ3) is 5.92. The topological polar surface area (TPSA) is 61.1 Å². The van der Waals surface area contributed by atoms with Gasteiger partial charge in [0.1, 0.15) is 0 Å². The number of benzene rings is 1. The van der Waals surface area contributed by atoms with Gasteiger partial charge in [-0.15, -0.1) is 0 Å². The summed E-state index contributed by atoms with van der Waals surface area (Å²) in [6.45, 7) is 0. The van der Waals surface area contributed by atoms with E-state index in [4.69, 9.17) is 13.0 Å². The summed E-state index contributed by atoms with van der Waals surface area (Å²) < 4.78 is 98.7. The fraction of sp³-hybridized carbons (Fsp3) is 0.300. The van der Waals surface area contributed by atoms with E-state index in [1.165, 1.54) is 11.3 Å². The summed E-state index contributed by atoms with van der Waals surface area (Å²) in [5.74, 6) is 0. The predicted octanol–water partition coefficient (Wildman–Crippen LogP) is 1.63. The van der Waals surface area contributed by atoms with E-state index in [1.807, 2.05) is 24.3 Å². The maximum Gasteiger partial charge on any atom is 0.485 e. The Balaban J connectivity index is 0.000000284. The predicted molar refractivity (Wildman–Crippen MR) is 70.2 cm³/mol. The molecule has 0 saturated heterocycles. The summed E-state index contributed by atoms with van der Waals surface area (Å²) in [5.41, 5.74) is -4.78. The van der Waals surface area contributed by atoms with Crippen LogP contribution in [0.2, 0.25) is 0 Å². The van der Waals surface area contributed by atoms with E-state index in [-0.39, 0.29) is 0 Å². The van der Waals surface area contributed by atoms with Crippen molar-refractivity contribution >= 4 is 50.5 Å². The van der Waals surface area contributed by atoms with E-state index in [1.54, 1.807) is 11.6 Å². The number of hydrogen-bond acceptors (Lipinski definition) is 4. The van der Waals surface area contributed by atoms with Gasteiger partial charge < -0.3 is 4.55 Å². The molecule has 0 aliphatic rings. The molecule has 1 aromatic carbocycles. The molecule has 130 valence electrons. The van der Waals surface area contributed by atoms with Crippen LogP contribution in [-0.4, -0.2) is 38.5 Å². The van der Waals surface area contributed by atoms with Crippen molar-refractivity contribution in [1.29, 1.82) is 0 Å². The van der Waals surface area contributed by atoms with Crippen LogP contribution in [0.1, 0.15) is 0 Å². The average Bonchev–Trinajstić information content (AvgIpc) is 2.63. The molecule has 1 heterocycles. The second kappa shape index (κ2) is 6.93. The number of thiazole rings is 1. The van der Waals surface area contributed by atoms with Crippen LogP contribution in [0.5, 0.6) is 0 Å². The summed E-state index contributed by atoms with van der Waals surface area (Å²) >= 11 is -0.231. The minimum absolute atomic E-state index is 0.399. The van der Waals surface area contributed by atoms with E-state index in [0.29, 0.717) is 3.91 Å². The molecule has 0 atom stereocenters. The summed E-state index contributed by atoms with van der Waals surface area (Å²) in [4.78, 5) is 0. The number of alkyl halides is 6. The molecule has 0 radical (unpaired) electrons. The van der Waals surface area contributed by atoms with Gasteiger partial charge in [0, 0.05) is 0 Å². The summed E-state index contributed by atoms with van der Waals surface area (Å²) in [5, 5.41) is -4.08. The molecule has 0 fully saturated rings. The molecule has 4 nitrogen and oxygen atoms in total. The molecule has 13 heteroatoms. The average molecular weight is 446 g/mol. The molecule has 0 amide bonds. The van der Waals surface area contributed by atoms with Crippen molar-refractivity contribution in [2.75, 3.05) is 0 Å². The van der Waals surface area contributed by atoms with Gasteiger partial charge in [-0.05, 0) is 0 Å². The van der Waals surface area contributed by atoms with Crippen LogP contribution in [0.25, 0.3) is 10.2 Å². The quantitative estimate of drug-likeness (QED) is 0.220. The molecular formula is C10H7F6NO3S2Se. The van der Waals surface area contributed by atoms with Crippen LogP contribution in [0.15, 0.2) is 24.3 Å². The Bertz CT molecular complexity index is 784. The molecule has 2 aromatic rings. The summed E-state index contributed by atoms with van der Waals surface area (Å²) in [6.07, 6.45) is 0. The van der Waals surface area contributed by atoms with Crippen molar-refractivity contribution in [3.8, 4) is 0 Å². The first-order valence-electron chi connectivity index (χ1n) is 5.38. The second-order valence-corrected chi connectivity index (χ2v) is 9.04. The zero-order valence-electron chi connectivity index (χ0n) is 11.0. The maximum atomic E-state index is 12.3. The van der Waals surface area contributed by atoms with E-state index < -0.39 is 35.7 Å². The number of hydrogen-bond donors (Lipinski definition) is 0. The Morgan fingerprint density at radius 2 is 1.61 bits per heavy atom. The molecule has 1 aromatic heterocycles. The van der Waals surface area contributed by atoms with Gasteiger partial charge in [0.05, 0.1) is 0 Å². The minimum atomic E-state index is -6.09. The Morgan fingerprint density at radius 3 is 2.00 bits per heavy atom. The molecule has 2 rings (SSSR count). The van der Waals surface area contributed by atoms with Gasteiger partial charge in [-0.1, -0.05) is 0 Å². The fourth-order valence-corrected chi connectivity index (χ4v) is 4.42. The Kier molecular flexibility index (Phi) is 6.08. The maximum absolute atomic E-state index is 12.3. The van der Waals surface area contributed by atoms with Crippen molar-refractivity contribution in [2.45, 2.75) is 10.6 Å². The first-order valence-corrected chi connectivity index (χ1v) is 9.31. The molecule has 0 saturated carbocycles. The van der Waals surface area contributed by atoms with Gasteiger partial charge in [-0.3, -0.25) is 0 Å². The fourth-order valence-electron chi connectivity index (χ4n) is 1.27. The number of para-hydroxylation sites is 1. The number of fused-ring (bicyclic) bond motifs is 1. The Labute approximate surface area is 136 Å². The number of nitrogens with zero attached hydrogens (tertiary/aromatic N) is 1. The van der Waals surface area contributed by atoms with Crippen molar-refractivity contribution in [2.24, 2.45) is 7.05 Å². The van der Waals surface area contributed by atoms with Gasteiger partial charge in [-0.25, -0.2) is 8.42 Å². The van der Waals surface area contributed by atoms with E-state index in [2.05, 4.69) is 0 Å². The van der Waals surface area contributed by atoms with Crippen LogP contribution >= 0.6 is 11.3 Å². The minimum Gasteiger partial charge on any atom is -0.741 e. The smallest absolute Gasteiger partial charge is 0.485 e. The number of halogens is 6. The van der Waals surface area contributed by atoms with Crippen LogP contribution in [0.4, 0.5) is 26.3 Å². The third-order valence-corrected chi connectivity index (χ3v) is 6.15. The van der Waals surface area contributed by atoms with Gasteiger partial charge in [0.25, 0.3) is 0 Å². The molecule has 0 N–H and O–H groups in total. The number of aromatic nitrogens is 1. The molecule has 0 bridgehead atoms. The Morgan fingerprint density at radius 1 is 1.13 bits per heavy atom. The first kappa shape index (κ1) is 20.2. The van der Waals surface area contributed by atoms with Gasteiger partial charge in [0.2, 0.25) is 0 Å². The molecule has 0 aliphatic carbocycles. The monoisotopic (exact) mass is 447 g/mol. The second-order valence-electron chi connectivity index (χ2n) is 3.84. The molecule has 0 aliphatic heterocycles. The van der Waals surface area contributed by atoms with Crippen molar-refractivity contribution in [3.63, 3.8) is 0 Å². The van der Waals surface area contributed by atoms with Gasteiger partial charge in [-0.2, -0.15) is 13.2 Å². The van der Waals surface area contributed by atoms with Crippen molar-refractivity contribution in [3.05, 3.63) is 24.3 Å². The van der Waals surface area contributed by atoms with E-state index >= 15 is 0 Å². The van der Waals surface area contributed by atoms with Gasteiger partial charge in [0.15, 0.2) is 10.1 Å². The van der Waals surface area contributed by atoms with Crippen molar-refractivity contribution < 1.29 is 43.9 Å². The first-order chi connectivity index (χ1) is 10.2. The van der Waals surface area contributed by atoms with Crippen molar-refractivity contribution in [1.82, 2.24) is 0 Å². The van der Waals surface area contributed by atoms with Crippen LogP contribution in [-0.2, 0) is 17.2 Å². The molecule has 23 heavy (non-hydrogen) atoms. The SMILES string of the molecule is C[n+]1c([Se]C(F)(F)F)sc2ccccc21.O=S(=O)([O-])C(F)(F)F. The zero-order valence-corrected chi connectivity index (χ0v) is 14.3. The van der Waals surface area contributed by atoms with E-state index in [0.717, 1.165) is 10.2 Å². The largest absolute Gasteiger partial charge is 0.741 e. The standard InChI is InChI=1S/C9H7F3NSSe.CHF3O3S/c1-13-6-4-2-3-5-7(6)14-8(13)15-9(10,11)12;2-1(3,4)8(5,6)7/h2-5H,1H3;(H,5,6,7)/q+1;/p-1. The Hall–Kier alpha value is -0.881. The van der Waals surface area contributed by atoms with Crippen LogP contribution in [0.3, 0.4) is 0 Å². The number of rotatable bonds is 1. The molecular weight excluding hydrogens is 439 g/mol. The molecule has 0 spiro atoms. The molecule has 0 unspecified atom stereocenters. The number of aryl methyl sites for hydroxylation is 1. The van der Waals surface area contributed by atoms with Gasteiger partial charge >= 0.3 is 100 Å². The van der Waals surface area contributed by atoms with Crippen LogP contribution in [0, 0.1) is 0 Å². The van der Waals surface area contributed by atoms with Crippen LogP contribution < -0.4 is 8.47 Å². The zero-order chi connectivity index (χ0) is 18.1. The third-order valence-electron chi connectivity index (χ3n) is 2.18.